The van der Waals surface area contributed by atoms with Crippen LogP contribution in [0.1, 0.15) is 44.2 Å². The zero-order chi connectivity index (χ0) is 25.3. The van der Waals surface area contributed by atoms with Gasteiger partial charge in [0.1, 0.15) is 11.6 Å². The first-order valence-electron chi connectivity index (χ1n) is 13.2. The van der Waals surface area contributed by atoms with E-state index in [1.54, 1.807) is 12.1 Å². The Morgan fingerprint density at radius 2 is 1.65 bits per heavy atom. The number of carbonyl (C=O) groups is 1. The maximum Gasteiger partial charge on any atom is 0.227 e. The maximum atomic E-state index is 13.5. The molecule has 0 aromatic heterocycles. The summed E-state index contributed by atoms with van der Waals surface area (Å²) in [5.41, 5.74) is 1.91. The van der Waals surface area contributed by atoms with Gasteiger partial charge in [-0.1, -0.05) is 38.1 Å². The summed E-state index contributed by atoms with van der Waals surface area (Å²) in [6.45, 7) is 9.57. The maximum absolute atomic E-state index is 13.5. The summed E-state index contributed by atoms with van der Waals surface area (Å²) in [4.78, 5) is 18.0. The summed E-state index contributed by atoms with van der Waals surface area (Å²) in [6, 6.07) is 14.4. The zero-order valence-electron chi connectivity index (χ0n) is 21.9. The fraction of sp³-hybridized carbons (Fsp3) is 0.552. The first-order chi connectivity index (χ1) is 17.5. The summed E-state index contributed by atoms with van der Waals surface area (Å²) in [5, 5.41) is 0. The third-order valence-corrected chi connectivity index (χ3v) is 6.82. The smallest absolute Gasteiger partial charge is 0.227 e. The van der Waals surface area contributed by atoms with Crippen molar-refractivity contribution in [2.75, 3.05) is 39.5 Å². The van der Waals surface area contributed by atoms with Crippen molar-refractivity contribution in [1.29, 1.82) is 0 Å². The van der Waals surface area contributed by atoms with Gasteiger partial charge in [-0.3, -0.25) is 4.79 Å². The van der Waals surface area contributed by atoms with Crippen LogP contribution in [0.15, 0.2) is 48.5 Å². The molecule has 2 aliphatic heterocycles. The van der Waals surface area contributed by atoms with E-state index in [0.29, 0.717) is 38.7 Å². The lowest BCUT2D eigenvalue weighted by molar-refractivity contribution is -0.134. The van der Waals surface area contributed by atoms with Crippen LogP contribution in [0.25, 0.3) is 0 Å². The van der Waals surface area contributed by atoms with E-state index in [-0.39, 0.29) is 36.5 Å². The third kappa shape index (κ3) is 9.25. The summed E-state index contributed by atoms with van der Waals surface area (Å²) >= 11 is 0. The van der Waals surface area contributed by atoms with Crippen molar-refractivity contribution in [2.24, 2.45) is 5.92 Å². The predicted octanol–water partition coefficient (Wildman–Crippen LogP) is 5.08. The average Bonchev–Trinajstić information content (AvgIpc) is 3.41. The van der Waals surface area contributed by atoms with E-state index in [1.165, 1.54) is 12.1 Å². The Hall–Kier alpha value is -2.19. The normalized spacial score (nSPS) is 17.1. The fourth-order valence-corrected chi connectivity index (χ4v) is 4.77. The van der Waals surface area contributed by atoms with Crippen LogP contribution in [0, 0.1) is 11.7 Å². The molecule has 0 aliphatic carbocycles. The number of nitrogens with zero attached hydrogens (tertiary/aromatic N) is 2. The van der Waals surface area contributed by atoms with Crippen molar-refractivity contribution in [1.82, 2.24) is 9.80 Å². The monoisotopic (exact) mass is 534 g/mol. The van der Waals surface area contributed by atoms with E-state index in [1.807, 2.05) is 29.2 Å². The number of likely N-dealkylation sites (tertiary alicyclic amines) is 1. The molecule has 2 heterocycles. The highest BCUT2D eigenvalue weighted by molar-refractivity contribution is 5.85. The van der Waals surface area contributed by atoms with Gasteiger partial charge in [0, 0.05) is 38.6 Å². The molecule has 0 saturated carbocycles. The van der Waals surface area contributed by atoms with Crippen LogP contribution >= 0.6 is 12.4 Å². The predicted molar refractivity (Wildman–Crippen MR) is 144 cm³/mol. The minimum absolute atomic E-state index is 0. The van der Waals surface area contributed by atoms with Crippen molar-refractivity contribution >= 4 is 18.3 Å². The minimum Gasteiger partial charge on any atom is -0.493 e. The number of piperidine rings is 1. The van der Waals surface area contributed by atoms with E-state index in [4.69, 9.17) is 14.2 Å². The number of benzene rings is 2. The Morgan fingerprint density at radius 3 is 2.27 bits per heavy atom. The Bertz CT molecular complexity index is 943. The summed E-state index contributed by atoms with van der Waals surface area (Å²) < 4.78 is 30.4. The second-order valence-electron chi connectivity index (χ2n) is 10.2. The van der Waals surface area contributed by atoms with Crippen LogP contribution in [-0.4, -0.2) is 67.5 Å². The molecule has 2 aromatic carbocycles. The van der Waals surface area contributed by atoms with E-state index >= 15 is 0 Å². The average molecular weight is 535 g/mol. The van der Waals surface area contributed by atoms with E-state index in [2.05, 4.69) is 18.7 Å². The molecular formula is C29H40ClFN2O4. The Morgan fingerprint density at radius 1 is 1.03 bits per heavy atom. The molecule has 0 unspecified atom stereocenters. The highest BCUT2D eigenvalue weighted by atomic mass is 35.5. The van der Waals surface area contributed by atoms with Gasteiger partial charge in [0.15, 0.2) is 6.29 Å². The van der Waals surface area contributed by atoms with Crippen LogP contribution in [0.4, 0.5) is 4.39 Å². The van der Waals surface area contributed by atoms with E-state index in [0.717, 1.165) is 55.8 Å². The molecule has 2 fully saturated rings. The molecule has 0 bridgehead atoms. The van der Waals surface area contributed by atoms with Gasteiger partial charge in [0.2, 0.25) is 5.91 Å². The highest BCUT2D eigenvalue weighted by Crippen LogP contribution is 2.22. The Labute approximate surface area is 226 Å². The fourth-order valence-electron chi connectivity index (χ4n) is 4.77. The topological polar surface area (TPSA) is 51.2 Å². The zero-order valence-corrected chi connectivity index (χ0v) is 22.8. The lowest BCUT2D eigenvalue weighted by Crippen LogP contribution is -2.48. The van der Waals surface area contributed by atoms with Gasteiger partial charge in [-0.05, 0) is 54.2 Å². The number of hydrogen-bond donors (Lipinski definition) is 0. The molecule has 6 nitrogen and oxygen atoms in total. The number of halogens is 2. The van der Waals surface area contributed by atoms with E-state index in [9.17, 15) is 9.18 Å². The SMILES string of the molecule is CC(C)COc1ccc(CC(=O)N(Cc2ccc(F)cc2)C2CCN(CCC3OCCO3)CC2)cc1.Cl. The van der Waals surface area contributed by atoms with Crippen LogP contribution in [0.3, 0.4) is 0 Å². The van der Waals surface area contributed by atoms with Gasteiger partial charge in [-0.2, -0.15) is 0 Å². The van der Waals surface area contributed by atoms with Gasteiger partial charge in [-0.25, -0.2) is 4.39 Å². The van der Waals surface area contributed by atoms with Crippen molar-refractivity contribution < 1.29 is 23.4 Å². The van der Waals surface area contributed by atoms with Crippen molar-refractivity contribution in [2.45, 2.75) is 58.4 Å². The largest absolute Gasteiger partial charge is 0.493 e. The van der Waals surface area contributed by atoms with Crippen molar-refractivity contribution in [3.63, 3.8) is 0 Å². The highest BCUT2D eigenvalue weighted by Gasteiger charge is 2.29. The molecule has 1 amide bonds. The van der Waals surface area contributed by atoms with Crippen LogP contribution in [-0.2, 0) is 27.2 Å². The Kier molecular flexibility index (Phi) is 11.6. The second kappa shape index (κ2) is 14.7. The molecule has 0 radical (unpaired) electrons. The van der Waals surface area contributed by atoms with E-state index < -0.39 is 0 Å². The molecule has 204 valence electrons. The number of carbonyl (C=O) groups excluding carboxylic acids is 1. The first-order valence-corrected chi connectivity index (χ1v) is 13.2. The first kappa shape index (κ1) is 29.4. The lowest BCUT2D eigenvalue weighted by Gasteiger charge is -2.39. The molecular weight excluding hydrogens is 495 g/mol. The van der Waals surface area contributed by atoms with Crippen molar-refractivity contribution in [3.05, 3.63) is 65.5 Å². The third-order valence-electron chi connectivity index (χ3n) is 6.82. The molecule has 37 heavy (non-hydrogen) atoms. The summed E-state index contributed by atoms with van der Waals surface area (Å²) in [5.74, 6) is 1.12. The summed E-state index contributed by atoms with van der Waals surface area (Å²) in [7, 11) is 0. The summed E-state index contributed by atoms with van der Waals surface area (Å²) in [6.07, 6.45) is 2.96. The quantitative estimate of drug-likeness (QED) is 0.402. The lowest BCUT2D eigenvalue weighted by atomic mass is 10.0. The van der Waals surface area contributed by atoms with Crippen molar-refractivity contribution in [3.8, 4) is 5.75 Å². The molecule has 0 spiro atoms. The number of amides is 1. The Balaban J connectivity index is 0.00000380. The molecule has 4 rings (SSSR count). The molecule has 2 saturated heterocycles. The van der Waals surface area contributed by atoms with Crippen LogP contribution in [0.5, 0.6) is 5.75 Å². The van der Waals surface area contributed by atoms with Gasteiger partial charge in [0.25, 0.3) is 0 Å². The number of rotatable bonds is 11. The molecule has 0 N–H and O–H groups in total. The standard InChI is InChI=1S/C29H39FN2O4.ClH/c1-22(2)21-36-27-9-5-23(6-10-27)19-28(33)32(20-24-3-7-25(30)8-4-24)26-11-14-31(15-12-26)16-13-29-34-17-18-35-29;/h3-10,22,26,29H,11-21H2,1-2H3;1H. The van der Waals surface area contributed by atoms with Gasteiger partial charge >= 0.3 is 0 Å². The molecule has 2 aliphatic rings. The minimum atomic E-state index is -0.264. The number of hydrogen-bond acceptors (Lipinski definition) is 5. The van der Waals surface area contributed by atoms with Gasteiger partial charge in [-0.15, -0.1) is 12.4 Å². The molecule has 8 heteroatoms. The molecule has 2 aromatic rings. The second-order valence-corrected chi connectivity index (χ2v) is 10.2. The molecule has 0 atom stereocenters. The number of ether oxygens (including phenoxy) is 3. The van der Waals surface area contributed by atoms with Crippen LogP contribution < -0.4 is 4.74 Å². The van der Waals surface area contributed by atoms with Gasteiger partial charge in [0.05, 0.1) is 26.2 Å². The van der Waals surface area contributed by atoms with Crippen LogP contribution in [0.2, 0.25) is 0 Å². The van der Waals surface area contributed by atoms with Gasteiger partial charge < -0.3 is 24.0 Å².